The van der Waals surface area contributed by atoms with Crippen LogP contribution in [0.4, 0.5) is 5.82 Å². The third-order valence-electron chi connectivity index (χ3n) is 5.02. The maximum atomic E-state index is 12.8. The van der Waals surface area contributed by atoms with Crippen molar-refractivity contribution < 1.29 is 4.79 Å². The van der Waals surface area contributed by atoms with Gasteiger partial charge in [0.05, 0.1) is 5.56 Å². The first-order valence-corrected chi connectivity index (χ1v) is 8.93. The predicted octanol–water partition coefficient (Wildman–Crippen LogP) is 2.29. The normalized spacial score (nSPS) is 21.0. The van der Waals surface area contributed by atoms with Gasteiger partial charge in [-0.2, -0.15) is 0 Å². The molecule has 1 N–H and O–H groups in total. The van der Waals surface area contributed by atoms with Crippen LogP contribution in [0.5, 0.6) is 0 Å². The molecule has 5 heteroatoms. The standard InChI is InChI=1S/C18H28N4O/c1-21-11-13-22(14-12-21)17-16(9-6-10-19-17)18(23)20-15-7-4-2-3-5-8-15/h6,9-10,15H,2-5,7-8,11-14H2,1H3,(H,20,23). The van der Waals surface area contributed by atoms with Crippen molar-refractivity contribution >= 4 is 11.7 Å². The smallest absolute Gasteiger partial charge is 0.255 e. The van der Waals surface area contributed by atoms with Crippen molar-refractivity contribution in [3.05, 3.63) is 23.9 Å². The molecule has 1 aromatic heterocycles. The molecule has 0 bridgehead atoms. The number of pyridine rings is 1. The number of aromatic nitrogens is 1. The maximum absolute atomic E-state index is 12.8. The van der Waals surface area contributed by atoms with Crippen LogP contribution in [0.1, 0.15) is 48.9 Å². The number of likely N-dealkylation sites (N-methyl/N-ethyl adjacent to an activating group) is 1. The lowest BCUT2D eigenvalue weighted by Crippen LogP contribution is -2.45. The largest absolute Gasteiger partial charge is 0.353 e. The Balaban J connectivity index is 1.70. The van der Waals surface area contributed by atoms with Gasteiger partial charge >= 0.3 is 0 Å². The van der Waals surface area contributed by atoms with Crippen molar-refractivity contribution in [2.24, 2.45) is 0 Å². The summed E-state index contributed by atoms with van der Waals surface area (Å²) >= 11 is 0. The quantitative estimate of drug-likeness (QED) is 0.869. The first-order chi connectivity index (χ1) is 11.2. The number of hydrogen-bond acceptors (Lipinski definition) is 4. The van der Waals surface area contributed by atoms with E-state index in [0.717, 1.165) is 50.4 Å². The Hall–Kier alpha value is -1.62. The fraction of sp³-hybridized carbons (Fsp3) is 0.667. The molecule has 1 aliphatic heterocycles. The van der Waals surface area contributed by atoms with Gasteiger partial charge in [-0.15, -0.1) is 0 Å². The maximum Gasteiger partial charge on any atom is 0.255 e. The van der Waals surface area contributed by atoms with E-state index < -0.39 is 0 Å². The van der Waals surface area contributed by atoms with E-state index in [1.807, 2.05) is 12.1 Å². The fourth-order valence-electron chi connectivity index (χ4n) is 3.53. The van der Waals surface area contributed by atoms with E-state index in [4.69, 9.17) is 0 Å². The number of rotatable bonds is 3. The number of hydrogen-bond donors (Lipinski definition) is 1. The van der Waals surface area contributed by atoms with Crippen LogP contribution in [-0.2, 0) is 0 Å². The van der Waals surface area contributed by atoms with Gasteiger partial charge in [0, 0.05) is 38.4 Å². The van der Waals surface area contributed by atoms with Crippen molar-refractivity contribution in [1.82, 2.24) is 15.2 Å². The molecule has 1 amide bonds. The summed E-state index contributed by atoms with van der Waals surface area (Å²) in [6.07, 6.45) is 9.05. The molecule has 1 saturated heterocycles. The van der Waals surface area contributed by atoms with E-state index in [1.54, 1.807) is 6.20 Å². The summed E-state index contributed by atoms with van der Waals surface area (Å²) < 4.78 is 0. The summed E-state index contributed by atoms with van der Waals surface area (Å²) in [5, 5.41) is 3.25. The van der Waals surface area contributed by atoms with Crippen LogP contribution in [0.2, 0.25) is 0 Å². The Morgan fingerprint density at radius 1 is 1.13 bits per heavy atom. The van der Waals surface area contributed by atoms with Crippen LogP contribution in [0.3, 0.4) is 0 Å². The van der Waals surface area contributed by atoms with Gasteiger partial charge in [0.2, 0.25) is 0 Å². The summed E-state index contributed by atoms with van der Waals surface area (Å²) in [6.45, 7) is 3.88. The van der Waals surface area contributed by atoms with E-state index in [1.165, 1.54) is 25.7 Å². The molecule has 0 atom stereocenters. The van der Waals surface area contributed by atoms with Gasteiger partial charge in [0.25, 0.3) is 5.91 Å². The molecule has 23 heavy (non-hydrogen) atoms. The van der Waals surface area contributed by atoms with E-state index in [0.29, 0.717) is 6.04 Å². The number of nitrogens with one attached hydrogen (secondary N) is 1. The average Bonchev–Trinajstić information content (AvgIpc) is 2.84. The van der Waals surface area contributed by atoms with Crippen LogP contribution < -0.4 is 10.2 Å². The van der Waals surface area contributed by atoms with Gasteiger partial charge in [-0.25, -0.2) is 4.98 Å². The van der Waals surface area contributed by atoms with Gasteiger partial charge < -0.3 is 15.1 Å². The molecule has 0 unspecified atom stereocenters. The summed E-state index contributed by atoms with van der Waals surface area (Å²) in [7, 11) is 2.13. The van der Waals surface area contributed by atoms with Crippen LogP contribution >= 0.6 is 0 Å². The minimum Gasteiger partial charge on any atom is -0.353 e. The number of nitrogens with zero attached hydrogens (tertiary/aromatic N) is 3. The van der Waals surface area contributed by atoms with Gasteiger partial charge in [0.1, 0.15) is 5.82 Å². The molecule has 3 rings (SSSR count). The van der Waals surface area contributed by atoms with E-state index in [2.05, 4.69) is 27.1 Å². The average molecular weight is 316 g/mol. The third kappa shape index (κ3) is 4.22. The van der Waals surface area contributed by atoms with Gasteiger partial charge in [-0.3, -0.25) is 4.79 Å². The summed E-state index contributed by atoms with van der Waals surface area (Å²) in [4.78, 5) is 21.8. The minimum absolute atomic E-state index is 0.0407. The molecule has 5 nitrogen and oxygen atoms in total. The Morgan fingerprint density at radius 2 is 1.83 bits per heavy atom. The predicted molar refractivity (Wildman–Crippen MR) is 92.9 cm³/mol. The van der Waals surface area contributed by atoms with Crippen molar-refractivity contribution in [2.45, 2.75) is 44.6 Å². The number of amides is 1. The lowest BCUT2D eigenvalue weighted by atomic mass is 10.1. The van der Waals surface area contributed by atoms with Crippen molar-refractivity contribution in [3.63, 3.8) is 0 Å². The zero-order valence-corrected chi connectivity index (χ0v) is 14.1. The monoisotopic (exact) mass is 316 g/mol. The molecule has 126 valence electrons. The number of carbonyl (C=O) groups excluding carboxylic acids is 1. The molecule has 0 radical (unpaired) electrons. The minimum atomic E-state index is 0.0407. The molecule has 1 aliphatic carbocycles. The highest BCUT2D eigenvalue weighted by Crippen LogP contribution is 2.21. The number of carbonyl (C=O) groups is 1. The summed E-state index contributed by atoms with van der Waals surface area (Å²) in [5.74, 6) is 0.880. The highest BCUT2D eigenvalue weighted by Gasteiger charge is 2.23. The Kier molecular flexibility index (Phi) is 5.49. The van der Waals surface area contributed by atoms with Crippen molar-refractivity contribution in [1.29, 1.82) is 0 Å². The zero-order valence-electron chi connectivity index (χ0n) is 14.1. The molecule has 2 aliphatic rings. The van der Waals surface area contributed by atoms with Crippen molar-refractivity contribution in [3.8, 4) is 0 Å². The number of anilines is 1. The highest BCUT2D eigenvalue weighted by molar-refractivity contribution is 5.99. The Labute approximate surface area is 139 Å². The highest BCUT2D eigenvalue weighted by atomic mass is 16.1. The lowest BCUT2D eigenvalue weighted by molar-refractivity contribution is 0.0933. The van der Waals surface area contributed by atoms with Crippen LogP contribution in [0.15, 0.2) is 18.3 Å². The summed E-state index contributed by atoms with van der Waals surface area (Å²) in [6, 6.07) is 4.10. The second-order valence-electron chi connectivity index (χ2n) is 6.83. The van der Waals surface area contributed by atoms with Gasteiger partial charge in [-0.05, 0) is 32.0 Å². The molecule has 0 spiro atoms. The van der Waals surface area contributed by atoms with E-state index in [9.17, 15) is 4.79 Å². The molecular weight excluding hydrogens is 288 g/mol. The van der Waals surface area contributed by atoms with E-state index >= 15 is 0 Å². The second-order valence-corrected chi connectivity index (χ2v) is 6.83. The SMILES string of the molecule is CN1CCN(c2ncccc2C(=O)NC2CCCCCC2)CC1. The first-order valence-electron chi connectivity index (χ1n) is 8.93. The Morgan fingerprint density at radius 3 is 2.52 bits per heavy atom. The molecule has 2 fully saturated rings. The zero-order chi connectivity index (χ0) is 16.1. The Bertz CT molecular complexity index is 518. The topological polar surface area (TPSA) is 48.5 Å². The third-order valence-corrected chi connectivity index (χ3v) is 5.02. The van der Waals surface area contributed by atoms with Crippen LogP contribution in [0.25, 0.3) is 0 Å². The molecule has 0 aromatic carbocycles. The van der Waals surface area contributed by atoms with E-state index in [-0.39, 0.29) is 5.91 Å². The molecule has 2 heterocycles. The van der Waals surface area contributed by atoms with Gasteiger partial charge in [-0.1, -0.05) is 25.7 Å². The molecule has 1 saturated carbocycles. The molecular formula is C18H28N4O. The van der Waals surface area contributed by atoms with Gasteiger partial charge in [0.15, 0.2) is 0 Å². The van der Waals surface area contributed by atoms with Crippen LogP contribution in [0, 0.1) is 0 Å². The summed E-state index contributed by atoms with van der Waals surface area (Å²) in [5.41, 5.74) is 0.723. The lowest BCUT2D eigenvalue weighted by Gasteiger charge is -2.34. The first kappa shape index (κ1) is 16.2. The number of piperazine rings is 1. The second kappa shape index (κ2) is 7.77. The van der Waals surface area contributed by atoms with Crippen molar-refractivity contribution in [2.75, 3.05) is 38.1 Å². The molecule has 1 aromatic rings. The van der Waals surface area contributed by atoms with Crippen LogP contribution in [-0.4, -0.2) is 55.1 Å². The fourth-order valence-corrected chi connectivity index (χ4v) is 3.53.